The number of sulfonamides is 1. The summed E-state index contributed by atoms with van der Waals surface area (Å²) < 4.78 is 32.2. The van der Waals surface area contributed by atoms with E-state index >= 15 is 0 Å². The zero-order valence-corrected chi connectivity index (χ0v) is 17.5. The zero-order valence-electron chi connectivity index (χ0n) is 15.2. The fourth-order valence-corrected chi connectivity index (χ4v) is 4.69. The second-order valence-electron chi connectivity index (χ2n) is 6.56. The van der Waals surface area contributed by atoms with Crippen molar-refractivity contribution in [2.24, 2.45) is 0 Å². The third-order valence-corrected chi connectivity index (χ3v) is 6.70. The average Bonchev–Trinajstić information content (AvgIpc) is 3.14. The Kier molecular flexibility index (Phi) is 6.62. The molecule has 9 heteroatoms. The minimum absolute atomic E-state index is 0.0747. The number of nitrogens with one attached hydrogen (secondary N) is 1. The molecule has 2 aromatic rings. The fraction of sp³-hybridized carbons (Fsp3) is 0.316. The van der Waals surface area contributed by atoms with Gasteiger partial charge in [0.15, 0.2) is 0 Å². The maximum absolute atomic E-state index is 12.7. The second-order valence-corrected chi connectivity index (χ2v) is 9.47. The summed E-state index contributed by atoms with van der Waals surface area (Å²) in [5.41, 5.74) is 0.771. The van der Waals surface area contributed by atoms with Gasteiger partial charge >= 0.3 is 0 Å². The van der Waals surface area contributed by atoms with Crippen molar-refractivity contribution in [3.05, 3.63) is 58.1 Å². The molecule has 0 bridgehead atoms. The van der Waals surface area contributed by atoms with Gasteiger partial charge in [-0.05, 0) is 55.3 Å². The Hall–Kier alpha value is -1.64. The summed E-state index contributed by atoms with van der Waals surface area (Å²) in [7, 11) is -2.12. The first-order valence-electron chi connectivity index (χ1n) is 8.71. The van der Waals surface area contributed by atoms with E-state index in [0.29, 0.717) is 34.4 Å². The van der Waals surface area contributed by atoms with E-state index in [4.69, 9.17) is 27.9 Å². The fourth-order valence-electron chi connectivity index (χ4n) is 2.96. The largest absolute Gasteiger partial charge is 0.377 e. The lowest BCUT2D eigenvalue weighted by Gasteiger charge is -2.20. The van der Waals surface area contributed by atoms with Gasteiger partial charge < -0.3 is 10.1 Å². The predicted molar refractivity (Wildman–Crippen MR) is 110 cm³/mol. The summed E-state index contributed by atoms with van der Waals surface area (Å²) in [6, 6.07) is 10.5. The summed E-state index contributed by atoms with van der Waals surface area (Å²) in [5, 5.41) is 3.49. The molecule has 0 saturated carbocycles. The summed E-state index contributed by atoms with van der Waals surface area (Å²) in [6.45, 7) is 0.973. The highest BCUT2D eigenvalue weighted by Gasteiger charge is 2.26. The van der Waals surface area contributed by atoms with Gasteiger partial charge in [0.2, 0.25) is 10.0 Å². The van der Waals surface area contributed by atoms with Gasteiger partial charge in [-0.3, -0.25) is 4.79 Å². The predicted octanol–water partition coefficient (Wildman–Crippen LogP) is 4.05. The van der Waals surface area contributed by atoms with E-state index in [1.807, 2.05) is 0 Å². The molecule has 0 aliphatic carbocycles. The standard InChI is InChI=1S/C19H20Cl2N2O4S/c1-23(12-17-3-2-8-27-17)28(25,26)18-6-4-13(5-7-18)19(24)22-16-10-14(20)9-15(21)11-16/h4-7,9-11,17H,2-3,8,12H2,1H3,(H,22,24). The van der Waals surface area contributed by atoms with Gasteiger partial charge in [-0.25, -0.2) is 8.42 Å². The highest BCUT2D eigenvalue weighted by Crippen LogP contribution is 2.23. The molecule has 2 aromatic carbocycles. The van der Waals surface area contributed by atoms with Crippen molar-refractivity contribution in [2.75, 3.05) is 25.5 Å². The lowest BCUT2D eigenvalue weighted by molar-refractivity contribution is 0.0979. The van der Waals surface area contributed by atoms with E-state index in [2.05, 4.69) is 5.32 Å². The number of carbonyl (C=O) groups is 1. The third-order valence-electron chi connectivity index (χ3n) is 4.43. The van der Waals surface area contributed by atoms with Crippen molar-refractivity contribution >= 4 is 44.8 Å². The minimum Gasteiger partial charge on any atom is -0.377 e. The summed E-state index contributed by atoms with van der Waals surface area (Å²) >= 11 is 11.8. The van der Waals surface area contributed by atoms with E-state index in [9.17, 15) is 13.2 Å². The number of nitrogens with zero attached hydrogens (tertiary/aromatic N) is 1. The number of amides is 1. The Balaban J connectivity index is 1.70. The number of ether oxygens (including phenoxy) is 1. The van der Waals surface area contributed by atoms with Gasteiger partial charge in [0.25, 0.3) is 5.91 Å². The van der Waals surface area contributed by atoms with Gasteiger partial charge in [-0.15, -0.1) is 0 Å². The van der Waals surface area contributed by atoms with Crippen LogP contribution >= 0.6 is 23.2 Å². The molecule has 1 amide bonds. The number of anilines is 1. The quantitative estimate of drug-likeness (QED) is 0.731. The van der Waals surface area contributed by atoms with Crippen molar-refractivity contribution in [3.8, 4) is 0 Å². The second kappa shape index (κ2) is 8.80. The van der Waals surface area contributed by atoms with Crippen molar-refractivity contribution in [3.63, 3.8) is 0 Å². The molecular formula is C19H20Cl2N2O4S. The van der Waals surface area contributed by atoms with Crippen molar-refractivity contribution in [2.45, 2.75) is 23.8 Å². The van der Waals surface area contributed by atoms with Crippen molar-refractivity contribution in [1.82, 2.24) is 4.31 Å². The van der Waals surface area contributed by atoms with Crippen LogP contribution in [0.1, 0.15) is 23.2 Å². The Morgan fingerprint density at radius 3 is 2.39 bits per heavy atom. The Bertz CT molecular complexity index is 938. The molecule has 1 aliphatic rings. The number of likely N-dealkylation sites (N-methyl/N-ethyl adjacent to an activating group) is 1. The van der Waals surface area contributed by atoms with Gasteiger partial charge in [-0.1, -0.05) is 23.2 Å². The minimum atomic E-state index is -3.65. The van der Waals surface area contributed by atoms with Gasteiger partial charge in [-0.2, -0.15) is 4.31 Å². The monoisotopic (exact) mass is 442 g/mol. The molecule has 1 saturated heterocycles. The molecule has 3 rings (SSSR count). The molecule has 1 fully saturated rings. The first kappa shape index (κ1) is 21.1. The summed E-state index contributed by atoms with van der Waals surface area (Å²) in [4.78, 5) is 12.5. The Labute approximate surface area is 174 Å². The van der Waals surface area contributed by atoms with Crippen LogP contribution in [0.25, 0.3) is 0 Å². The first-order valence-corrected chi connectivity index (χ1v) is 10.9. The first-order chi connectivity index (χ1) is 13.3. The topological polar surface area (TPSA) is 75.7 Å². The Morgan fingerprint density at radius 1 is 1.18 bits per heavy atom. The van der Waals surface area contributed by atoms with Crippen LogP contribution in [0.15, 0.2) is 47.4 Å². The molecule has 1 heterocycles. The van der Waals surface area contributed by atoms with Crippen molar-refractivity contribution < 1.29 is 17.9 Å². The van der Waals surface area contributed by atoms with Crippen LogP contribution in [0, 0.1) is 0 Å². The number of hydrogen-bond acceptors (Lipinski definition) is 4. The van der Waals surface area contributed by atoms with Gasteiger partial charge in [0, 0.05) is 41.5 Å². The van der Waals surface area contributed by atoms with E-state index in [1.54, 1.807) is 18.2 Å². The molecule has 6 nitrogen and oxygen atoms in total. The molecule has 1 unspecified atom stereocenters. The van der Waals surface area contributed by atoms with E-state index in [0.717, 1.165) is 12.8 Å². The third kappa shape index (κ3) is 5.04. The SMILES string of the molecule is CN(CC1CCCO1)S(=O)(=O)c1ccc(C(=O)Nc2cc(Cl)cc(Cl)c2)cc1. The number of carbonyl (C=O) groups excluding carboxylic acids is 1. The highest BCUT2D eigenvalue weighted by molar-refractivity contribution is 7.89. The van der Waals surface area contributed by atoms with Crippen LogP contribution in [-0.4, -0.2) is 44.9 Å². The normalized spacial score (nSPS) is 17.1. The van der Waals surface area contributed by atoms with Crippen LogP contribution in [0.5, 0.6) is 0 Å². The molecule has 1 atom stereocenters. The molecular weight excluding hydrogens is 423 g/mol. The van der Waals surface area contributed by atoms with Crippen LogP contribution in [0.2, 0.25) is 10.0 Å². The number of hydrogen-bond donors (Lipinski definition) is 1. The maximum Gasteiger partial charge on any atom is 0.255 e. The molecule has 0 radical (unpaired) electrons. The van der Waals surface area contributed by atoms with Crippen LogP contribution in [0.3, 0.4) is 0 Å². The molecule has 1 N–H and O–H groups in total. The highest BCUT2D eigenvalue weighted by atomic mass is 35.5. The number of rotatable bonds is 6. The zero-order chi connectivity index (χ0) is 20.3. The average molecular weight is 443 g/mol. The molecule has 150 valence electrons. The van der Waals surface area contributed by atoms with E-state index < -0.39 is 15.9 Å². The smallest absolute Gasteiger partial charge is 0.255 e. The molecule has 28 heavy (non-hydrogen) atoms. The van der Waals surface area contributed by atoms with Crippen LogP contribution in [0.4, 0.5) is 5.69 Å². The lowest BCUT2D eigenvalue weighted by atomic mass is 10.2. The number of halogens is 2. The van der Waals surface area contributed by atoms with Gasteiger partial charge in [0.05, 0.1) is 11.0 Å². The summed E-state index contributed by atoms with van der Waals surface area (Å²) in [6.07, 6.45) is 1.72. The van der Waals surface area contributed by atoms with Crippen molar-refractivity contribution in [1.29, 1.82) is 0 Å². The van der Waals surface area contributed by atoms with E-state index in [-0.39, 0.29) is 11.0 Å². The number of benzene rings is 2. The van der Waals surface area contributed by atoms with Crippen LogP contribution in [-0.2, 0) is 14.8 Å². The molecule has 0 spiro atoms. The molecule has 1 aliphatic heterocycles. The summed E-state index contributed by atoms with van der Waals surface area (Å²) in [5.74, 6) is -0.394. The van der Waals surface area contributed by atoms with Crippen LogP contribution < -0.4 is 5.32 Å². The lowest BCUT2D eigenvalue weighted by Crippen LogP contribution is -2.34. The Morgan fingerprint density at radius 2 is 1.82 bits per heavy atom. The van der Waals surface area contributed by atoms with Gasteiger partial charge in [0.1, 0.15) is 0 Å². The molecule has 0 aromatic heterocycles. The maximum atomic E-state index is 12.7. The van der Waals surface area contributed by atoms with E-state index in [1.165, 1.54) is 35.6 Å².